The van der Waals surface area contributed by atoms with Crippen LogP contribution in [-0.4, -0.2) is 22.9 Å². The maximum atomic E-state index is 10.8. The minimum Gasteiger partial charge on any atom is -0.463 e. The van der Waals surface area contributed by atoms with Gasteiger partial charge >= 0.3 is 6.09 Å². The summed E-state index contributed by atoms with van der Waals surface area (Å²) in [6.07, 6.45) is -0.457. The van der Waals surface area contributed by atoms with Crippen molar-refractivity contribution in [2.24, 2.45) is 0 Å². The van der Waals surface area contributed by atoms with E-state index in [2.05, 4.69) is 0 Å². The van der Waals surface area contributed by atoms with Gasteiger partial charge < -0.3 is 5.11 Å². The fraction of sp³-hybridized carbons (Fsp3) is 0.333. The molecular formula is C9H8N2O3S. The Labute approximate surface area is 90.1 Å². The summed E-state index contributed by atoms with van der Waals surface area (Å²) in [4.78, 5) is 17.2. The molecular weight excluding hydrogens is 216 g/mol. The van der Waals surface area contributed by atoms with E-state index in [0.29, 0.717) is 17.9 Å². The maximum Gasteiger partial charge on any atom is 0.432 e. The Hall–Kier alpha value is -1.58. The van der Waals surface area contributed by atoms with Gasteiger partial charge in [0.2, 0.25) is 0 Å². The quantitative estimate of drug-likeness (QED) is 0.791. The summed E-state index contributed by atoms with van der Waals surface area (Å²) in [5, 5.41) is 18.5. The van der Waals surface area contributed by atoms with Crippen LogP contribution in [0.1, 0.15) is 22.2 Å². The largest absolute Gasteiger partial charge is 0.463 e. The lowest BCUT2D eigenvalue weighted by Gasteiger charge is -2.17. The minimum absolute atomic E-state index is 0.269. The number of rotatable bonds is 1. The van der Waals surface area contributed by atoms with Crippen molar-refractivity contribution in [2.45, 2.75) is 12.5 Å². The number of hydrogen-bond acceptors (Lipinski definition) is 4. The lowest BCUT2D eigenvalue weighted by Crippen LogP contribution is -2.27. The first-order valence-corrected chi connectivity index (χ1v) is 5.19. The van der Waals surface area contributed by atoms with E-state index in [1.54, 1.807) is 12.1 Å². The van der Waals surface area contributed by atoms with Gasteiger partial charge in [0.25, 0.3) is 0 Å². The smallest absolute Gasteiger partial charge is 0.432 e. The van der Waals surface area contributed by atoms with Gasteiger partial charge in [0, 0.05) is 11.3 Å². The zero-order valence-corrected chi connectivity index (χ0v) is 8.53. The highest BCUT2D eigenvalue weighted by Crippen LogP contribution is 2.34. The highest BCUT2D eigenvalue weighted by Gasteiger charge is 2.32. The van der Waals surface area contributed by atoms with E-state index in [0.717, 1.165) is 9.94 Å². The molecule has 0 aromatic carbocycles. The average molecular weight is 224 g/mol. The Morgan fingerprint density at radius 1 is 1.73 bits per heavy atom. The zero-order valence-electron chi connectivity index (χ0n) is 7.71. The van der Waals surface area contributed by atoms with Gasteiger partial charge in [-0.3, -0.25) is 4.84 Å². The summed E-state index contributed by atoms with van der Waals surface area (Å²) in [5.74, 6) is 0. The Balaban J connectivity index is 2.23. The van der Waals surface area contributed by atoms with Crippen molar-refractivity contribution in [3.63, 3.8) is 0 Å². The first kappa shape index (κ1) is 9.96. The second-order valence-corrected chi connectivity index (χ2v) is 4.18. The third-order valence-corrected chi connectivity index (χ3v) is 3.25. The van der Waals surface area contributed by atoms with E-state index >= 15 is 0 Å². The molecule has 1 atom stereocenters. The first-order valence-electron chi connectivity index (χ1n) is 4.37. The predicted molar refractivity (Wildman–Crippen MR) is 52.2 cm³/mol. The molecule has 78 valence electrons. The fourth-order valence-electron chi connectivity index (χ4n) is 1.51. The number of carbonyl (C=O) groups is 1. The van der Waals surface area contributed by atoms with Crippen molar-refractivity contribution in [2.75, 3.05) is 6.61 Å². The molecule has 0 aliphatic carbocycles. The molecule has 0 bridgehead atoms. The second-order valence-electron chi connectivity index (χ2n) is 3.06. The van der Waals surface area contributed by atoms with E-state index in [1.807, 2.05) is 6.07 Å². The van der Waals surface area contributed by atoms with Gasteiger partial charge in [-0.1, -0.05) is 0 Å². The zero-order chi connectivity index (χ0) is 10.8. The molecule has 1 aromatic heterocycles. The molecule has 2 heterocycles. The number of hydroxylamine groups is 2. The van der Waals surface area contributed by atoms with Gasteiger partial charge in [0.1, 0.15) is 10.9 Å². The van der Waals surface area contributed by atoms with Crippen LogP contribution in [0.5, 0.6) is 0 Å². The number of carboxylic acid groups (broad SMARTS) is 1. The van der Waals surface area contributed by atoms with Gasteiger partial charge in [0.15, 0.2) is 0 Å². The Bertz CT molecular complexity index is 423. The lowest BCUT2D eigenvalue weighted by molar-refractivity contribution is -0.103. The van der Waals surface area contributed by atoms with E-state index in [1.165, 1.54) is 11.3 Å². The summed E-state index contributed by atoms with van der Waals surface area (Å²) in [6, 6.07) is 5.23. The van der Waals surface area contributed by atoms with Gasteiger partial charge in [-0.25, -0.2) is 4.79 Å². The number of nitrogens with zero attached hydrogens (tertiary/aromatic N) is 2. The number of thiophene rings is 1. The van der Waals surface area contributed by atoms with Gasteiger partial charge in [-0.05, 0) is 12.1 Å². The van der Waals surface area contributed by atoms with Crippen LogP contribution in [0.15, 0.2) is 12.1 Å². The van der Waals surface area contributed by atoms with Crippen molar-refractivity contribution in [1.82, 2.24) is 5.06 Å². The first-order chi connectivity index (χ1) is 7.22. The number of hydrogen-bond donors (Lipinski definition) is 1. The van der Waals surface area contributed by atoms with Crippen LogP contribution in [0.2, 0.25) is 0 Å². The Morgan fingerprint density at radius 2 is 2.53 bits per heavy atom. The molecule has 1 saturated heterocycles. The molecule has 1 aliphatic heterocycles. The summed E-state index contributed by atoms with van der Waals surface area (Å²) in [7, 11) is 0. The van der Waals surface area contributed by atoms with Gasteiger partial charge in [0.05, 0.1) is 12.6 Å². The van der Waals surface area contributed by atoms with Crippen molar-refractivity contribution in [3.8, 4) is 6.07 Å². The van der Waals surface area contributed by atoms with Crippen LogP contribution < -0.4 is 0 Å². The molecule has 5 nitrogen and oxygen atoms in total. The van der Waals surface area contributed by atoms with E-state index in [9.17, 15) is 4.79 Å². The topological polar surface area (TPSA) is 73.6 Å². The van der Waals surface area contributed by atoms with Crippen molar-refractivity contribution in [3.05, 3.63) is 21.9 Å². The minimum atomic E-state index is -1.09. The third-order valence-electron chi connectivity index (χ3n) is 2.16. The Morgan fingerprint density at radius 3 is 3.13 bits per heavy atom. The SMILES string of the molecule is N#Cc1ccc(C2CCON2C(=O)O)s1. The second kappa shape index (κ2) is 3.88. The van der Waals surface area contributed by atoms with Crippen molar-refractivity contribution >= 4 is 17.4 Å². The van der Waals surface area contributed by atoms with Crippen molar-refractivity contribution < 1.29 is 14.7 Å². The molecule has 1 aliphatic rings. The Kier molecular flexibility index (Phi) is 2.58. The summed E-state index contributed by atoms with van der Waals surface area (Å²) in [5.41, 5.74) is 0. The van der Waals surface area contributed by atoms with Gasteiger partial charge in [-0.15, -0.1) is 11.3 Å². The van der Waals surface area contributed by atoms with Crippen LogP contribution in [0.4, 0.5) is 4.79 Å². The summed E-state index contributed by atoms with van der Waals surface area (Å²) >= 11 is 1.31. The van der Waals surface area contributed by atoms with Crippen LogP contribution in [0.3, 0.4) is 0 Å². The highest BCUT2D eigenvalue weighted by molar-refractivity contribution is 7.12. The summed E-state index contributed by atoms with van der Waals surface area (Å²) in [6.45, 7) is 0.400. The molecule has 0 spiro atoms. The van der Waals surface area contributed by atoms with Gasteiger partial charge in [-0.2, -0.15) is 10.3 Å². The highest BCUT2D eigenvalue weighted by atomic mass is 32.1. The number of nitriles is 1. The van der Waals surface area contributed by atoms with E-state index in [-0.39, 0.29) is 6.04 Å². The maximum absolute atomic E-state index is 10.8. The molecule has 1 unspecified atom stereocenters. The van der Waals surface area contributed by atoms with E-state index < -0.39 is 6.09 Å². The van der Waals surface area contributed by atoms with Crippen molar-refractivity contribution in [1.29, 1.82) is 5.26 Å². The molecule has 1 aromatic rings. The molecule has 2 rings (SSSR count). The summed E-state index contributed by atoms with van der Waals surface area (Å²) < 4.78 is 0. The lowest BCUT2D eigenvalue weighted by atomic mass is 10.2. The molecule has 6 heteroatoms. The standard InChI is InChI=1S/C9H8N2O3S/c10-5-6-1-2-8(15-6)7-3-4-14-11(7)9(12)13/h1-2,7H,3-4H2,(H,12,13). The molecule has 1 amide bonds. The number of amides is 1. The monoisotopic (exact) mass is 224 g/mol. The average Bonchev–Trinajstić information content (AvgIpc) is 2.85. The van der Waals surface area contributed by atoms with Crippen LogP contribution in [0, 0.1) is 11.3 Å². The predicted octanol–water partition coefficient (Wildman–Crippen LogP) is 1.98. The van der Waals surface area contributed by atoms with Crippen LogP contribution in [-0.2, 0) is 4.84 Å². The van der Waals surface area contributed by atoms with E-state index in [4.69, 9.17) is 15.2 Å². The van der Waals surface area contributed by atoms with Crippen LogP contribution in [0.25, 0.3) is 0 Å². The molecule has 1 N–H and O–H groups in total. The molecule has 0 radical (unpaired) electrons. The molecule has 1 fully saturated rings. The normalized spacial score (nSPS) is 20.2. The molecule has 0 saturated carbocycles. The fourth-order valence-corrected chi connectivity index (χ4v) is 2.43. The molecule has 15 heavy (non-hydrogen) atoms. The third kappa shape index (κ3) is 1.79. The van der Waals surface area contributed by atoms with Crippen LogP contribution >= 0.6 is 11.3 Å².